The first-order valence-electron chi connectivity index (χ1n) is 12.1. The number of fused-ring (bicyclic) bond motifs is 1. The molecule has 0 spiro atoms. The largest absolute Gasteiger partial charge is 0.416 e. The molecule has 2 saturated heterocycles. The summed E-state index contributed by atoms with van der Waals surface area (Å²) in [6.07, 6.45) is -4.47. The third-order valence-electron chi connectivity index (χ3n) is 6.74. The van der Waals surface area contributed by atoms with Crippen LogP contribution in [0.15, 0.2) is 47.8 Å². The van der Waals surface area contributed by atoms with Crippen molar-refractivity contribution < 1.29 is 35.9 Å². The fourth-order valence-electron chi connectivity index (χ4n) is 4.99. The van der Waals surface area contributed by atoms with Crippen LogP contribution in [0.1, 0.15) is 35.1 Å². The molecule has 2 aromatic rings. The Hall–Kier alpha value is -3.39. The maximum absolute atomic E-state index is 13.4. The molecular formula is C25H28F6N6O2. The highest BCUT2D eigenvalue weighted by Gasteiger charge is 2.48. The second kappa shape index (κ2) is 11.4. The minimum Gasteiger partial charge on any atom is -0.372 e. The van der Waals surface area contributed by atoms with E-state index in [-0.39, 0.29) is 30.1 Å². The van der Waals surface area contributed by atoms with Crippen molar-refractivity contribution in [2.45, 2.75) is 56.5 Å². The number of hydrogen-bond acceptors (Lipinski definition) is 6. The Kier molecular flexibility index (Phi) is 8.35. The molecule has 2 aliphatic heterocycles. The van der Waals surface area contributed by atoms with Crippen LogP contribution in [0.2, 0.25) is 0 Å². The number of aromatic nitrogens is 2. The fourth-order valence-corrected chi connectivity index (χ4v) is 4.99. The third kappa shape index (κ3) is 6.98. The average Bonchev–Trinajstić information content (AvgIpc) is 3.58. The lowest BCUT2D eigenvalue weighted by Crippen LogP contribution is -2.43. The number of nitrogens with zero attached hydrogens (tertiary/aromatic N) is 4. The van der Waals surface area contributed by atoms with Gasteiger partial charge in [0.25, 0.3) is 0 Å². The van der Waals surface area contributed by atoms with Crippen molar-refractivity contribution in [3.8, 4) is 0 Å². The molecule has 3 atom stereocenters. The monoisotopic (exact) mass is 558 g/mol. The summed E-state index contributed by atoms with van der Waals surface area (Å²) < 4.78 is 84.7. The van der Waals surface area contributed by atoms with Gasteiger partial charge < -0.3 is 15.1 Å². The molecule has 4 rings (SSSR count). The van der Waals surface area contributed by atoms with Gasteiger partial charge in [-0.3, -0.25) is 14.8 Å². The van der Waals surface area contributed by atoms with Crippen LogP contribution in [-0.4, -0.2) is 70.4 Å². The van der Waals surface area contributed by atoms with E-state index in [2.05, 4.69) is 27.3 Å². The quantitative estimate of drug-likeness (QED) is 0.262. The molecule has 0 radical (unpaired) electrons. The van der Waals surface area contributed by atoms with Crippen LogP contribution in [0.5, 0.6) is 0 Å². The number of hydrazone groups is 1. The molecule has 0 bridgehead atoms. The van der Waals surface area contributed by atoms with Gasteiger partial charge in [-0.15, -0.1) is 0 Å². The van der Waals surface area contributed by atoms with Gasteiger partial charge in [-0.25, -0.2) is 0 Å². The highest BCUT2D eigenvalue weighted by atomic mass is 19.4. The van der Waals surface area contributed by atoms with Crippen molar-refractivity contribution in [2.75, 3.05) is 20.1 Å². The second-order valence-corrected chi connectivity index (χ2v) is 9.63. The Bertz CT molecular complexity index is 1160. The molecule has 1 amide bonds. The average molecular weight is 559 g/mol. The van der Waals surface area contributed by atoms with E-state index in [0.717, 1.165) is 5.56 Å². The van der Waals surface area contributed by atoms with Crippen molar-refractivity contribution in [1.82, 2.24) is 25.4 Å². The van der Waals surface area contributed by atoms with Crippen LogP contribution < -0.4 is 5.43 Å². The lowest BCUT2D eigenvalue weighted by molar-refractivity contribution is -0.143. The van der Waals surface area contributed by atoms with Gasteiger partial charge in [0.05, 0.1) is 42.3 Å². The van der Waals surface area contributed by atoms with Gasteiger partial charge in [0.2, 0.25) is 5.91 Å². The molecule has 0 saturated carbocycles. The molecule has 1 aromatic carbocycles. The number of carbonyl (C=O) groups excluding carboxylic acids is 1. The summed E-state index contributed by atoms with van der Waals surface area (Å²) in [6, 6.07) is 0.798. The molecule has 2 N–H and O–H groups in total. The molecule has 1 aromatic heterocycles. The zero-order valence-electron chi connectivity index (χ0n) is 21.0. The highest BCUT2D eigenvalue weighted by Crippen LogP contribution is 2.37. The van der Waals surface area contributed by atoms with E-state index in [0.29, 0.717) is 43.6 Å². The number of hydrogen-bond donors (Lipinski definition) is 2. The summed E-state index contributed by atoms with van der Waals surface area (Å²) in [7, 11) is 1.66. The Morgan fingerprint density at radius 2 is 1.90 bits per heavy atom. The van der Waals surface area contributed by atoms with Gasteiger partial charge in [-0.1, -0.05) is 6.58 Å². The van der Waals surface area contributed by atoms with Gasteiger partial charge in [0, 0.05) is 44.5 Å². The van der Waals surface area contributed by atoms with Crippen molar-refractivity contribution in [3.63, 3.8) is 0 Å². The van der Waals surface area contributed by atoms with Gasteiger partial charge in [0.1, 0.15) is 0 Å². The summed E-state index contributed by atoms with van der Waals surface area (Å²) in [5, 5.41) is 10.7. The number of carbonyl (C=O) groups is 1. The van der Waals surface area contributed by atoms with Crippen LogP contribution in [0.4, 0.5) is 26.3 Å². The first kappa shape index (κ1) is 28.6. The molecule has 212 valence electrons. The molecule has 2 fully saturated rings. The number of aromatic amines is 1. The smallest absolute Gasteiger partial charge is 0.372 e. The number of ether oxygens (including phenoxy) is 1. The second-order valence-electron chi connectivity index (χ2n) is 9.63. The maximum Gasteiger partial charge on any atom is 0.416 e. The van der Waals surface area contributed by atoms with Gasteiger partial charge in [-0.05, 0) is 42.2 Å². The summed E-state index contributed by atoms with van der Waals surface area (Å²) >= 11 is 0. The SMILES string of the molecule is C=C(/C=N\NC)CN(Cc1cn[nH]c1)C1CC2CC(OCc3cc(C(F)(F)F)cc(C(F)(F)F)c3)CN2C1=O. The number of nitrogens with one attached hydrogen (secondary N) is 2. The molecule has 0 aliphatic carbocycles. The number of halogens is 6. The van der Waals surface area contributed by atoms with Crippen LogP contribution in [0.25, 0.3) is 0 Å². The Balaban J connectivity index is 1.41. The van der Waals surface area contributed by atoms with Crippen molar-refractivity contribution in [1.29, 1.82) is 0 Å². The van der Waals surface area contributed by atoms with E-state index in [1.165, 1.54) is 0 Å². The highest BCUT2D eigenvalue weighted by molar-refractivity contribution is 5.85. The summed E-state index contributed by atoms with van der Waals surface area (Å²) in [4.78, 5) is 17.0. The van der Waals surface area contributed by atoms with Crippen LogP contribution in [0, 0.1) is 0 Å². The number of amides is 1. The predicted octanol–water partition coefficient (Wildman–Crippen LogP) is 3.97. The third-order valence-corrected chi connectivity index (χ3v) is 6.74. The molecular weight excluding hydrogens is 530 g/mol. The fraction of sp³-hybridized carbons (Fsp3) is 0.480. The van der Waals surface area contributed by atoms with Crippen LogP contribution >= 0.6 is 0 Å². The van der Waals surface area contributed by atoms with Crippen LogP contribution in [0.3, 0.4) is 0 Å². The predicted molar refractivity (Wildman–Crippen MR) is 129 cm³/mol. The molecule has 14 heteroatoms. The summed E-state index contributed by atoms with van der Waals surface area (Å²) in [6.45, 7) is 4.58. The minimum atomic E-state index is -4.93. The number of rotatable bonds is 10. The number of H-pyrrole nitrogens is 1. The number of alkyl halides is 6. The van der Waals surface area contributed by atoms with E-state index in [1.807, 2.05) is 4.90 Å². The van der Waals surface area contributed by atoms with Crippen molar-refractivity contribution in [2.24, 2.45) is 5.10 Å². The minimum absolute atomic E-state index is 0.0859. The Labute approximate surface area is 220 Å². The zero-order chi connectivity index (χ0) is 28.4. The normalized spacial score (nSPS) is 21.8. The molecule has 8 nitrogen and oxygen atoms in total. The molecule has 2 aliphatic rings. The first-order chi connectivity index (χ1) is 18.3. The molecule has 3 unspecified atom stereocenters. The van der Waals surface area contributed by atoms with Gasteiger partial charge >= 0.3 is 12.4 Å². The van der Waals surface area contributed by atoms with Crippen molar-refractivity contribution >= 4 is 12.1 Å². The lowest BCUT2D eigenvalue weighted by Gasteiger charge is -2.28. The van der Waals surface area contributed by atoms with Gasteiger partial charge in [0.15, 0.2) is 0 Å². The topological polar surface area (TPSA) is 85.8 Å². The number of benzene rings is 1. The van der Waals surface area contributed by atoms with Gasteiger partial charge in [-0.2, -0.15) is 36.5 Å². The Morgan fingerprint density at radius 3 is 2.46 bits per heavy atom. The zero-order valence-corrected chi connectivity index (χ0v) is 21.0. The summed E-state index contributed by atoms with van der Waals surface area (Å²) in [5.74, 6) is -0.119. The summed E-state index contributed by atoms with van der Waals surface area (Å²) in [5.41, 5.74) is 1.21. The van der Waals surface area contributed by atoms with E-state index >= 15 is 0 Å². The van der Waals surface area contributed by atoms with E-state index in [1.54, 1.807) is 30.6 Å². The van der Waals surface area contributed by atoms with Crippen molar-refractivity contribution in [3.05, 3.63) is 65.0 Å². The molecule has 39 heavy (non-hydrogen) atoms. The van der Waals surface area contributed by atoms with E-state index in [9.17, 15) is 31.1 Å². The van der Waals surface area contributed by atoms with E-state index in [4.69, 9.17) is 4.74 Å². The standard InChI is InChI=1S/C25H28F6N6O2/c1-15(8-33-32-2)11-36(12-17-9-34-35-10-17)22-7-20-6-21(13-37(20)23(22)38)39-14-16-3-18(24(26,27)28)5-19(4-16)25(29,30)31/h3-5,8-10,20-22,32H,1,6-7,11-14H2,2H3,(H,34,35)/b33-8-. The first-order valence-corrected chi connectivity index (χ1v) is 12.1. The van der Waals surface area contributed by atoms with E-state index < -0.39 is 42.2 Å². The van der Waals surface area contributed by atoms with Crippen LogP contribution in [-0.2, 0) is 35.0 Å². The molecule has 3 heterocycles. The maximum atomic E-state index is 13.4. The Morgan fingerprint density at radius 1 is 1.21 bits per heavy atom. The lowest BCUT2D eigenvalue weighted by atomic mass is 10.0.